The van der Waals surface area contributed by atoms with Crippen LogP contribution in [-0.4, -0.2) is 48.6 Å². The molecule has 0 aliphatic carbocycles. The Hall–Kier alpha value is -2.41. The molecular formula is C20H26N4O2S. The summed E-state index contributed by atoms with van der Waals surface area (Å²) in [4.78, 5) is 23.4. The zero-order valence-corrected chi connectivity index (χ0v) is 16.7. The molecule has 0 bridgehead atoms. The second-order valence-electron chi connectivity index (χ2n) is 6.46. The number of guanidine groups is 1. The molecule has 2 heterocycles. The highest BCUT2D eigenvalue weighted by molar-refractivity contribution is 7.13. The standard InChI is InChI=1S/C20H26N4O2S/c1-3-21-20(24-11-9-16(10-12-24)19(25)26-2)22-13-17-14-27-18(23-17)15-7-5-4-6-8-15/h4-8,14,16H,3,9-13H2,1-2H3,(H,21,22). The van der Waals surface area contributed by atoms with Crippen LogP contribution in [0.5, 0.6) is 0 Å². The zero-order valence-electron chi connectivity index (χ0n) is 15.9. The number of thiazole rings is 1. The van der Waals surface area contributed by atoms with E-state index in [1.54, 1.807) is 11.3 Å². The first-order valence-electron chi connectivity index (χ1n) is 9.32. The van der Waals surface area contributed by atoms with Gasteiger partial charge in [0.15, 0.2) is 5.96 Å². The van der Waals surface area contributed by atoms with Gasteiger partial charge in [0.05, 0.1) is 25.3 Å². The lowest BCUT2D eigenvalue weighted by molar-refractivity contribution is -0.146. The number of ether oxygens (including phenoxy) is 1. The Labute approximate surface area is 164 Å². The molecule has 2 aromatic rings. The number of likely N-dealkylation sites (tertiary alicyclic amines) is 1. The van der Waals surface area contributed by atoms with E-state index in [1.807, 2.05) is 18.2 Å². The Morgan fingerprint density at radius 1 is 1.33 bits per heavy atom. The van der Waals surface area contributed by atoms with Crippen molar-refractivity contribution in [3.05, 3.63) is 41.4 Å². The molecule has 0 unspecified atom stereocenters. The quantitative estimate of drug-likeness (QED) is 0.486. The van der Waals surface area contributed by atoms with Crippen molar-refractivity contribution >= 4 is 23.3 Å². The summed E-state index contributed by atoms with van der Waals surface area (Å²) in [6, 6.07) is 10.2. The van der Waals surface area contributed by atoms with E-state index in [2.05, 4.69) is 34.7 Å². The molecule has 7 heteroatoms. The first kappa shape index (κ1) is 19.4. The number of esters is 1. The molecule has 1 fully saturated rings. The van der Waals surface area contributed by atoms with Gasteiger partial charge in [-0.25, -0.2) is 9.98 Å². The van der Waals surface area contributed by atoms with E-state index < -0.39 is 0 Å². The summed E-state index contributed by atoms with van der Waals surface area (Å²) < 4.78 is 4.87. The summed E-state index contributed by atoms with van der Waals surface area (Å²) in [5, 5.41) is 6.44. The van der Waals surface area contributed by atoms with Crippen LogP contribution in [0.3, 0.4) is 0 Å². The molecule has 1 N–H and O–H groups in total. The van der Waals surface area contributed by atoms with Crippen LogP contribution in [0.1, 0.15) is 25.5 Å². The molecule has 0 radical (unpaired) electrons. The second-order valence-corrected chi connectivity index (χ2v) is 7.32. The van der Waals surface area contributed by atoms with E-state index in [-0.39, 0.29) is 11.9 Å². The molecule has 1 aromatic carbocycles. The fraction of sp³-hybridized carbons (Fsp3) is 0.450. The van der Waals surface area contributed by atoms with Crippen molar-refractivity contribution in [2.45, 2.75) is 26.3 Å². The minimum atomic E-state index is -0.104. The molecule has 144 valence electrons. The second kappa shape index (κ2) is 9.50. The van der Waals surface area contributed by atoms with Crippen molar-refractivity contribution in [2.75, 3.05) is 26.7 Å². The summed E-state index contributed by atoms with van der Waals surface area (Å²) in [6.07, 6.45) is 1.60. The highest BCUT2D eigenvalue weighted by Crippen LogP contribution is 2.24. The van der Waals surface area contributed by atoms with Gasteiger partial charge in [-0.2, -0.15) is 0 Å². The minimum Gasteiger partial charge on any atom is -0.469 e. The fourth-order valence-corrected chi connectivity index (χ4v) is 3.99. The van der Waals surface area contributed by atoms with E-state index in [1.165, 1.54) is 7.11 Å². The van der Waals surface area contributed by atoms with Gasteiger partial charge in [-0.15, -0.1) is 11.3 Å². The number of hydrogen-bond acceptors (Lipinski definition) is 5. The predicted octanol–water partition coefficient (Wildman–Crippen LogP) is 3.16. The van der Waals surface area contributed by atoms with Crippen molar-refractivity contribution in [2.24, 2.45) is 10.9 Å². The Kier molecular flexibility index (Phi) is 6.81. The maximum Gasteiger partial charge on any atom is 0.308 e. The lowest BCUT2D eigenvalue weighted by atomic mass is 9.97. The van der Waals surface area contributed by atoms with Gasteiger partial charge in [-0.3, -0.25) is 4.79 Å². The van der Waals surface area contributed by atoms with E-state index in [9.17, 15) is 4.79 Å². The molecule has 1 aliphatic rings. The Morgan fingerprint density at radius 3 is 2.74 bits per heavy atom. The topological polar surface area (TPSA) is 66.8 Å². The average molecular weight is 387 g/mol. The van der Waals surface area contributed by atoms with Crippen LogP contribution in [0, 0.1) is 5.92 Å². The lowest BCUT2D eigenvalue weighted by Crippen LogP contribution is -2.46. The molecule has 27 heavy (non-hydrogen) atoms. The number of aromatic nitrogens is 1. The maximum atomic E-state index is 11.7. The zero-order chi connectivity index (χ0) is 19.1. The predicted molar refractivity (Wildman–Crippen MR) is 109 cm³/mol. The summed E-state index contributed by atoms with van der Waals surface area (Å²) >= 11 is 1.64. The number of nitrogens with zero attached hydrogens (tertiary/aromatic N) is 3. The third-order valence-electron chi connectivity index (χ3n) is 4.63. The first-order valence-corrected chi connectivity index (χ1v) is 10.2. The summed E-state index contributed by atoms with van der Waals surface area (Å²) in [7, 11) is 1.46. The number of aliphatic imine (C=N–C) groups is 1. The average Bonchev–Trinajstić information content (AvgIpc) is 3.20. The number of hydrogen-bond donors (Lipinski definition) is 1. The smallest absolute Gasteiger partial charge is 0.308 e. The van der Waals surface area contributed by atoms with Gasteiger partial charge in [0.1, 0.15) is 5.01 Å². The van der Waals surface area contributed by atoms with Crippen molar-refractivity contribution in [1.29, 1.82) is 0 Å². The number of methoxy groups -OCH3 is 1. The molecule has 0 atom stereocenters. The molecule has 0 saturated carbocycles. The normalized spacial score (nSPS) is 15.6. The van der Waals surface area contributed by atoms with Gasteiger partial charge in [0, 0.05) is 30.6 Å². The number of rotatable bonds is 5. The van der Waals surface area contributed by atoms with Crippen LogP contribution in [0.25, 0.3) is 10.6 Å². The lowest BCUT2D eigenvalue weighted by Gasteiger charge is -2.33. The van der Waals surface area contributed by atoms with Crippen molar-refractivity contribution < 1.29 is 9.53 Å². The molecule has 3 rings (SSSR count). The van der Waals surface area contributed by atoms with E-state index in [0.29, 0.717) is 6.54 Å². The molecule has 1 aromatic heterocycles. The van der Waals surface area contributed by atoms with E-state index in [0.717, 1.165) is 54.7 Å². The number of carbonyl (C=O) groups excluding carboxylic acids is 1. The largest absolute Gasteiger partial charge is 0.469 e. The number of benzene rings is 1. The minimum absolute atomic E-state index is 0.00102. The van der Waals surface area contributed by atoms with Gasteiger partial charge in [-0.05, 0) is 19.8 Å². The van der Waals surface area contributed by atoms with E-state index in [4.69, 9.17) is 14.7 Å². The SMILES string of the molecule is CCNC(=NCc1csc(-c2ccccc2)n1)N1CCC(C(=O)OC)CC1. The Balaban J connectivity index is 1.63. The van der Waals surface area contributed by atoms with Crippen molar-refractivity contribution in [3.8, 4) is 10.6 Å². The Bertz CT molecular complexity index is 767. The van der Waals surface area contributed by atoms with Gasteiger partial charge in [0.2, 0.25) is 0 Å². The first-order chi connectivity index (χ1) is 13.2. The van der Waals surface area contributed by atoms with Crippen LogP contribution < -0.4 is 5.32 Å². The molecule has 0 spiro atoms. The number of piperidine rings is 1. The number of carbonyl (C=O) groups is 1. The van der Waals surface area contributed by atoms with Crippen LogP contribution in [0.4, 0.5) is 0 Å². The summed E-state index contributed by atoms with van der Waals surface area (Å²) in [5.41, 5.74) is 2.10. The molecular weight excluding hydrogens is 360 g/mol. The molecule has 1 saturated heterocycles. The number of nitrogens with one attached hydrogen (secondary N) is 1. The third-order valence-corrected chi connectivity index (χ3v) is 5.57. The van der Waals surface area contributed by atoms with Crippen LogP contribution in [0.2, 0.25) is 0 Å². The highest BCUT2D eigenvalue weighted by Gasteiger charge is 2.26. The molecule has 0 amide bonds. The van der Waals surface area contributed by atoms with Crippen LogP contribution >= 0.6 is 11.3 Å². The van der Waals surface area contributed by atoms with Crippen molar-refractivity contribution in [1.82, 2.24) is 15.2 Å². The summed E-state index contributed by atoms with van der Waals surface area (Å²) in [6.45, 7) is 5.02. The fourth-order valence-electron chi connectivity index (χ4n) is 3.17. The van der Waals surface area contributed by atoms with Gasteiger partial charge in [0.25, 0.3) is 0 Å². The van der Waals surface area contributed by atoms with E-state index >= 15 is 0 Å². The van der Waals surface area contributed by atoms with Gasteiger partial charge >= 0.3 is 5.97 Å². The monoisotopic (exact) mass is 386 g/mol. The Morgan fingerprint density at radius 2 is 2.07 bits per heavy atom. The van der Waals surface area contributed by atoms with Crippen LogP contribution in [-0.2, 0) is 16.1 Å². The van der Waals surface area contributed by atoms with Crippen LogP contribution in [0.15, 0.2) is 40.7 Å². The van der Waals surface area contributed by atoms with Gasteiger partial charge in [-0.1, -0.05) is 30.3 Å². The molecule has 1 aliphatic heterocycles. The maximum absolute atomic E-state index is 11.7. The summed E-state index contributed by atoms with van der Waals surface area (Å²) in [5.74, 6) is 0.781. The molecule has 6 nitrogen and oxygen atoms in total. The highest BCUT2D eigenvalue weighted by atomic mass is 32.1. The van der Waals surface area contributed by atoms with Gasteiger partial charge < -0.3 is 15.0 Å². The van der Waals surface area contributed by atoms with Crippen molar-refractivity contribution in [3.63, 3.8) is 0 Å². The third kappa shape index (κ3) is 5.07.